The Labute approximate surface area is 133 Å². The number of hydrogen-bond acceptors (Lipinski definition) is 6. The molecule has 1 amide bonds. The molecular weight excluding hydrogens is 302 g/mol. The molecule has 1 aromatic carbocycles. The molecule has 0 bridgehead atoms. The maximum absolute atomic E-state index is 11.8. The Bertz CT molecular complexity index is 616. The van der Waals surface area contributed by atoms with Crippen LogP contribution in [0.4, 0.5) is 5.13 Å². The smallest absolute Gasteiger partial charge is 0.240 e. The lowest BCUT2D eigenvalue weighted by Gasteiger charge is -2.05. The molecular formula is C15H19N3O3S. The minimum atomic E-state index is -0.128. The lowest BCUT2D eigenvalue weighted by Crippen LogP contribution is -2.30. The van der Waals surface area contributed by atoms with Crippen molar-refractivity contribution in [1.29, 1.82) is 0 Å². The second-order valence-corrected chi connectivity index (χ2v) is 5.31. The van der Waals surface area contributed by atoms with Crippen LogP contribution < -0.4 is 15.4 Å². The summed E-state index contributed by atoms with van der Waals surface area (Å²) in [6, 6.07) is 7.65. The number of rotatable bonds is 8. The van der Waals surface area contributed by atoms with Crippen LogP contribution in [0.2, 0.25) is 0 Å². The van der Waals surface area contributed by atoms with E-state index in [0.717, 1.165) is 17.0 Å². The van der Waals surface area contributed by atoms with Gasteiger partial charge in [-0.05, 0) is 12.1 Å². The Hall–Kier alpha value is -1.96. The van der Waals surface area contributed by atoms with E-state index in [9.17, 15) is 4.79 Å². The van der Waals surface area contributed by atoms with Crippen molar-refractivity contribution in [2.24, 2.45) is 0 Å². The number of carbonyl (C=O) groups excluding carboxylic acids is 1. The zero-order valence-electron chi connectivity index (χ0n) is 12.6. The molecule has 0 aliphatic heterocycles. The first-order valence-electron chi connectivity index (χ1n) is 6.83. The number of carbonyl (C=O) groups is 1. The molecule has 0 radical (unpaired) electrons. The molecule has 2 rings (SSSR count). The molecule has 1 aromatic heterocycles. The Morgan fingerprint density at radius 1 is 1.32 bits per heavy atom. The predicted molar refractivity (Wildman–Crippen MR) is 87.5 cm³/mol. The van der Waals surface area contributed by atoms with Crippen molar-refractivity contribution < 1.29 is 14.3 Å². The van der Waals surface area contributed by atoms with Gasteiger partial charge in [0.15, 0.2) is 5.13 Å². The highest BCUT2D eigenvalue weighted by atomic mass is 32.1. The number of aromatic nitrogens is 1. The molecule has 0 aliphatic rings. The summed E-state index contributed by atoms with van der Waals surface area (Å²) in [7, 11) is 3.25. The standard InChI is InChI=1S/C15H19N3O3S/c1-20-8-7-16-9-14(19)18-15-17-12(10-22-15)11-5-3-4-6-13(11)21-2/h3-6,10,16H,7-9H2,1-2H3,(H,17,18,19). The van der Waals surface area contributed by atoms with Crippen LogP contribution in [0.15, 0.2) is 29.6 Å². The van der Waals surface area contributed by atoms with Crippen molar-refractivity contribution in [3.63, 3.8) is 0 Å². The van der Waals surface area contributed by atoms with Gasteiger partial charge in [-0.3, -0.25) is 4.79 Å². The normalized spacial score (nSPS) is 10.5. The Kier molecular flexibility index (Phi) is 6.32. The summed E-state index contributed by atoms with van der Waals surface area (Å²) in [6.07, 6.45) is 0. The Morgan fingerprint density at radius 2 is 2.14 bits per heavy atom. The minimum absolute atomic E-state index is 0.128. The first-order chi connectivity index (χ1) is 10.7. The number of methoxy groups -OCH3 is 2. The van der Waals surface area contributed by atoms with Crippen LogP contribution >= 0.6 is 11.3 Å². The number of hydrogen-bond donors (Lipinski definition) is 2. The first-order valence-corrected chi connectivity index (χ1v) is 7.71. The number of para-hydroxylation sites is 1. The molecule has 0 atom stereocenters. The maximum atomic E-state index is 11.8. The van der Waals surface area contributed by atoms with Gasteiger partial charge in [0, 0.05) is 24.6 Å². The summed E-state index contributed by atoms with van der Waals surface area (Å²) in [5.74, 6) is 0.629. The number of thiazole rings is 1. The molecule has 1 heterocycles. The summed E-state index contributed by atoms with van der Waals surface area (Å²) in [5.41, 5.74) is 1.69. The Balaban J connectivity index is 1.95. The van der Waals surface area contributed by atoms with E-state index in [1.165, 1.54) is 11.3 Å². The fourth-order valence-corrected chi connectivity index (χ4v) is 2.58. The van der Waals surface area contributed by atoms with E-state index in [1.54, 1.807) is 14.2 Å². The van der Waals surface area contributed by atoms with Crippen molar-refractivity contribution in [2.45, 2.75) is 0 Å². The zero-order valence-corrected chi connectivity index (χ0v) is 13.4. The molecule has 0 saturated heterocycles. The summed E-state index contributed by atoms with van der Waals surface area (Å²) >= 11 is 1.38. The number of anilines is 1. The van der Waals surface area contributed by atoms with E-state index in [1.807, 2.05) is 29.6 Å². The first kappa shape index (κ1) is 16.4. The average Bonchev–Trinajstić information content (AvgIpc) is 2.99. The van der Waals surface area contributed by atoms with Gasteiger partial charge in [0.25, 0.3) is 0 Å². The maximum Gasteiger partial charge on any atom is 0.240 e. The molecule has 0 spiro atoms. The lowest BCUT2D eigenvalue weighted by molar-refractivity contribution is -0.115. The second kappa shape index (κ2) is 8.47. The van der Waals surface area contributed by atoms with Crippen LogP contribution in [0.3, 0.4) is 0 Å². The highest BCUT2D eigenvalue weighted by molar-refractivity contribution is 7.14. The van der Waals surface area contributed by atoms with Crippen LogP contribution in [-0.2, 0) is 9.53 Å². The number of ether oxygens (including phenoxy) is 2. The molecule has 0 saturated carbocycles. The second-order valence-electron chi connectivity index (χ2n) is 4.46. The predicted octanol–water partition coefficient (Wildman–Crippen LogP) is 1.99. The molecule has 2 aromatic rings. The largest absolute Gasteiger partial charge is 0.496 e. The van der Waals surface area contributed by atoms with Crippen LogP contribution in [-0.4, -0.2) is 44.8 Å². The van der Waals surface area contributed by atoms with E-state index in [4.69, 9.17) is 9.47 Å². The summed E-state index contributed by atoms with van der Waals surface area (Å²) < 4.78 is 10.2. The van der Waals surface area contributed by atoms with Crippen LogP contribution in [0.1, 0.15) is 0 Å². The number of nitrogens with zero attached hydrogens (tertiary/aromatic N) is 1. The molecule has 118 valence electrons. The van der Waals surface area contributed by atoms with Gasteiger partial charge in [0.05, 0.1) is 26.0 Å². The molecule has 7 heteroatoms. The Morgan fingerprint density at radius 3 is 2.91 bits per heavy atom. The molecule has 6 nitrogen and oxygen atoms in total. The number of amides is 1. The third kappa shape index (κ3) is 4.52. The highest BCUT2D eigenvalue weighted by Gasteiger charge is 2.11. The molecule has 22 heavy (non-hydrogen) atoms. The van der Waals surface area contributed by atoms with Crippen LogP contribution in [0.25, 0.3) is 11.3 Å². The van der Waals surface area contributed by atoms with E-state index in [0.29, 0.717) is 18.3 Å². The topological polar surface area (TPSA) is 72.5 Å². The molecule has 0 aliphatic carbocycles. The quantitative estimate of drug-likeness (QED) is 0.728. The van der Waals surface area contributed by atoms with E-state index in [-0.39, 0.29) is 12.5 Å². The summed E-state index contributed by atoms with van der Waals surface area (Å²) in [6.45, 7) is 1.43. The number of benzene rings is 1. The minimum Gasteiger partial charge on any atom is -0.496 e. The van der Waals surface area contributed by atoms with Crippen molar-refractivity contribution >= 4 is 22.4 Å². The zero-order chi connectivity index (χ0) is 15.8. The third-order valence-electron chi connectivity index (χ3n) is 2.90. The van der Waals surface area contributed by atoms with Gasteiger partial charge < -0.3 is 20.1 Å². The SMILES string of the molecule is COCCNCC(=O)Nc1nc(-c2ccccc2OC)cs1. The molecule has 2 N–H and O–H groups in total. The number of nitrogens with one attached hydrogen (secondary N) is 2. The van der Waals surface area contributed by atoms with E-state index in [2.05, 4.69) is 15.6 Å². The van der Waals surface area contributed by atoms with Crippen LogP contribution in [0, 0.1) is 0 Å². The fraction of sp³-hybridized carbons (Fsp3) is 0.333. The summed E-state index contributed by atoms with van der Waals surface area (Å²) in [4.78, 5) is 16.2. The van der Waals surface area contributed by atoms with Gasteiger partial charge >= 0.3 is 0 Å². The van der Waals surface area contributed by atoms with Gasteiger partial charge in [-0.25, -0.2) is 4.98 Å². The van der Waals surface area contributed by atoms with Gasteiger partial charge in [0.1, 0.15) is 5.75 Å². The van der Waals surface area contributed by atoms with Gasteiger partial charge in [-0.2, -0.15) is 0 Å². The molecule has 0 fully saturated rings. The van der Waals surface area contributed by atoms with Crippen molar-refractivity contribution in [1.82, 2.24) is 10.3 Å². The molecule has 0 unspecified atom stereocenters. The van der Waals surface area contributed by atoms with Crippen LogP contribution in [0.5, 0.6) is 5.75 Å². The lowest BCUT2D eigenvalue weighted by atomic mass is 10.1. The summed E-state index contributed by atoms with van der Waals surface area (Å²) in [5, 5.41) is 8.22. The van der Waals surface area contributed by atoms with E-state index >= 15 is 0 Å². The average molecular weight is 321 g/mol. The third-order valence-corrected chi connectivity index (χ3v) is 3.66. The fourth-order valence-electron chi connectivity index (χ4n) is 1.85. The van der Waals surface area contributed by atoms with Crippen molar-refractivity contribution in [3.8, 4) is 17.0 Å². The monoisotopic (exact) mass is 321 g/mol. The van der Waals surface area contributed by atoms with Crippen molar-refractivity contribution in [2.75, 3.05) is 39.2 Å². The van der Waals surface area contributed by atoms with Gasteiger partial charge in [-0.15, -0.1) is 11.3 Å². The van der Waals surface area contributed by atoms with Gasteiger partial charge in [0.2, 0.25) is 5.91 Å². The van der Waals surface area contributed by atoms with Gasteiger partial charge in [-0.1, -0.05) is 12.1 Å². The highest BCUT2D eigenvalue weighted by Crippen LogP contribution is 2.31. The van der Waals surface area contributed by atoms with Crippen molar-refractivity contribution in [3.05, 3.63) is 29.6 Å². The van der Waals surface area contributed by atoms with E-state index < -0.39 is 0 Å².